The Morgan fingerprint density at radius 1 is 1.47 bits per heavy atom. The number of halogens is 1. The smallest absolute Gasteiger partial charge is 0.171 e. The second kappa shape index (κ2) is 6.24. The molecule has 1 saturated heterocycles. The summed E-state index contributed by atoms with van der Waals surface area (Å²) in [6.45, 7) is 1.07. The lowest BCUT2D eigenvalue weighted by atomic mass is 10.1. The van der Waals surface area contributed by atoms with E-state index in [4.69, 9.17) is 4.74 Å². The fraction of sp³-hybridized carbons (Fsp3) is 0.615. The zero-order valence-electron chi connectivity index (χ0n) is 10.2. The van der Waals surface area contributed by atoms with Gasteiger partial charge in [-0.25, -0.2) is 4.98 Å². The van der Waals surface area contributed by atoms with E-state index in [9.17, 15) is 0 Å². The third-order valence-electron chi connectivity index (χ3n) is 3.30. The Bertz CT molecular complexity index is 359. The maximum Gasteiger partial charge on any atom is 0.171 e. The highest BCUT2D eigenvalue weighted by Crippen LogP contribution is 2.30. The van der Waals surface area contributed by atoms with Gasteiger partial charge in [-0.3, -0.25) is 0 Å². The van der Waals surface area contributed by atoms with Crippen LogP contribution in [0.25, 0.3) is 0 Å². The number of ether oxygens (including phenoxy) is 1. The lowest BCUT2D eigenvalue weighted by Crippen LogP contribution is -2.36. The molecule has 0 aliphatic carbocycles. The van der Waals surface area contributed by atoms with Crippen LogP contribution in [0.2, 0.25) is 0 Å². The molecular formula is C13H19BrN2O. The summed E-state index contributed by atoms with van der Waals surface area (Å²) in [5.41, 5.74) is 0. The summed E-state index contributed by atoms with van der Waals surface area (Å²) < 4.78 is 5.41. The fourth-order valence-electron chi connectivity index (χ4n) is 2.37. The molecule has 1 aliphatic heterocycles. The number of anilines is 1. The third-order valence-corrected chi connectivity index (χ3v) is 4.05. The molecule has 0 bridgehead atoms. The average Bonchev–Trinajstić information content (AvgIpc) is 2.63. The Labute approximate surface area is 111 Å². The Hall–Kier alpha value is -0.770. The standard InChI is InChI=1S/C13H19BrN2O/c1-17-12-7-5-8-15-13(12)16-9-4-2-3-6-11(16)10-14/h5,7-8,11H,2-4,6,9-10H2,1H3. The Morgan fingerprint density at radius 3 is 3.12 bits per heavy atom. The number of rotatable bonds is 3. The van der Waals surface area contributed by atoms with Gasteiger partial charge in [0.2, 0.25) is 0 Å². The average molecular weight is 299 g/mol. The SMILES string of the molecule is COc1cccnc1N1CCCCCC1CBr. The van der Waals surface area contributed by atoms with Crippen molar-refractivity contribution in [1.82, 2.24) is 4.98 Å². The molecule has 0 aromatic carbocycles. The van der Waals surface area contributed by atoms with Crippen molar-refractivity contribution in [2.24, 2.45) is 0 Å². The minimum atomic E-state index is 0.529. The predicted octanol–water partition coefficient (Wildman–Crippen LogP) is 3.23. The van der Waals surface area contributed by atoms with Crippen LogP contribution in [0, 0.1) is 0 Å². The summed E-state index contributed by atoms with van der Waals surface area (Å²) >= 11 is 3.62. The van der Waals surface area contributed by atoms with Crippen LogP contribution in [0.1, 0.15) is 25.7 Å². The predicted molar refractivity (Wildman–Crippen MR) is 74.2 cm³/mol. The normalized spacial score (nSPS) is 21.1. The maximum atomic E-state index is 5.41. The largest absolute Gasteiger partial charge is 0.493 e. The topological polar surface area (TPSA) is 25.4 Å². The maximum absolute atomic E-state index is 5.41. The van der Waals surface area contributed by atoms with Gasteiger partial charge in [-0.2, -0.15) is 0 Å². The molecule has 17 heavy (non-hydrogen) atoms. The van der Waals surface area contributed by atoms with Gasteiger partial charge in [0.25, 0.3) is 0 Å². The van der Waals surface area contributed by atoms with Crippen LogP contribution in [-0.4, -0.2) is 30.0 Å². The van der Waals surface area contributed by atoms with E-state index in [0.29, 0.717) is 6.04 Å². The molecule has 4 heteroatoms. The van der Waals surface area contributed by atoms with E-state index >= 15 is 0 Å². The molecule has 1 unspecified atom stereocenters. The van der Waals surface area contributed by atoms with E-state index < -0.39 is 0 Å². The first kappa shape index (κ1) is 12.7. The highest BCUT2D eigenvalue weighted by Gasteiger charge is 2.23. The van der Waals surface area contributed by atoms with Crippen molar-refractivity contribution in [1.29, 1.82) is 0 Å². The Balaban J connectivity index is 2.28. The summed E-state index contributed by atoms with van der Waals surface area (Å²) in [5, 5.41) is 0.993. The molecule has 2 heterocycles. The number of hydrogen-bond acceptors (Lipinski definition) is 3. The molecule has 0 amide bonds. The van der Waals surface area contributed by atoms with Gasteiger partial charge in [-0.05, 0) is 25.0 Å². The molecule has 3 nitrogen and oxygen atoms in total. The first-order valence-corrected chi connectivity index (χ1v) is 7.30. The number of methoxy groups -OCH3 is 1. The van der Waals surface area contributed by atoms with Crippen molar-refractivity contribution in [3.05, 3.63) is 18.3 Å². The fourth-order valence-corrected chi connectivity index (χ4v) is 3.05. The van der Waals surface area contributed by atoms with Crippen molar-refractivity contribution in [2.75, 3.05) is 23.9 Å². The first-order chi connectivity index (χ1) is 8.36. The van der Waals surface area contributed by atoms with Gasteiger partial charge in [0, 0.05) is 24.1 Å². The lowest BCUT2D eigenvalue weighted by Gasteiger charge is -2.30. The van der Waals surface area contributed by atoms with E-state index in [2.05, 4.69) is 25.8 Å². The molecule has 1 fully saturated rings. The van der Waals surface area contributed by atoms with Gasteiger partial charge in [-0.1, -0.05) is 28.8 Å². The van der Waals surface area contributed by atoms with Gasteiger partial charge in [0.1, 0.15) is 0 Å². The second-order valence-corrected chi connectivity index (χ2v) is 5.03. The molecule has 2 rings (SSSR count). The molecule has 0 spiro atoms. The van der Waals surface area contributed by atoms with Gasteiger partial charge in [0.05, 0.1) is 7.11 Å². The van der Waals surface area contributed by atoms with Crippen LogP contribution in [0.15, 0.2) is 18.3 Å². The lowest BCUT2D eigenvalue weighted by molar-refractivity contribution is 0.410. The Kier molecular flexibility index (Phi) is 4.66. The highest BCUT2D eigenvalue weighted by atomic mass is 79.9. The number of hydrogen-bond donors (Lipinski definition) is 0. The van der Waals surface area contributed by atoms with E-state index in [0.717, 1.165) is 23.4 Å². The summed E-state index contributed by atoms with van der Waals surface area (Å²) in [4.78, 5) is 6.88. The van der Waals surface area contributed by atoms with Crippen molar-refractivity contribution in [2.45, 2.75) is 31.7 Å². The Morgan fingerprint density at radius 2 is 2.35 bits per heavy atom. The quantitative estimate of drug-likeness (QED) is 0.801. The molecule has 0 N–H and O–H groups in total. The van der Waals surface area contributed by atoms with E-state index in [-0.39, 0.29) is 0 Å². The number of nitrogens with zero attached hydrogens (tertiary/aromatic N) is 2. The van der Waals surface area contributed by atoms with Crippen molar-refractivity contribution >= 4 is 21.7 Å². The van der Waals surface area contributed by atoms with Crippen LogP contribution in [0.4, 0.5) is 5.82 Å². The number of alkyl halides is 1. The molecule has 94 valence electrons. The second-order valence-electron chi connectivity index (χ2n) is 4.38. The summed E-state index contributed by atoms with van der Waals surface area (Å²) in [5.74, 6) is 1.86. The van der Waals surface area contributed by atoms with E-state index in [1.54, 1.807) is 7.11 Å². The summed E-state index contributed by atoms with van der Waals surface area (Å²) in [6.07, 6.45) is 6.93. The van der Waals surface area contributed by atoms with Gasteiger partial charge >= 0.3 is 0 Å². The monoisotopic (exact) mass is 298 g/mol. The van der Waals surface area contributed by atoms with Crippen LogP contribution in [-0.2, 0) is 0 Å². The van der Waals surface area contributed by atoms with Crippen LogP contribution >= 0.6 is 15.9 Å². The van der Waals surface area contributed by atoms with Gasteiger partial charge in [0.15, 0.2) is 11.6 Å². The number of aromatic nitrogens is 1. The molecule has 1 aromatic heterocycles. The third kappa shape index (κ3) is 2.92. The van der Waals surface area contributed by atoms with Crippen molar-refractivity contribution < 1.29 is 4.74 Å². The molecule has 0 radical (unpaired) electrons. The zero-order valence-corrected chi connectivity index (χ0v) is 11.8. The van der Waals surface area contributed by atoms with Crippen molar-refractivity contribution in [3.63, 3.8) is 0 Å². The van der Waals surface area contributed by atoms with Gasteiger partial charge < -0.3 is 9.64 Å². The zero-order chi connectivity index (χ0) is 12.1. The summed E-state index contributed by atoms with van der Waals surface area (Å²) in [7, 11) is 1.71. The molecule has 0 saturated carbocycles. The molecular weight excluding hydrogens is 280 g/mol. The van der Waals surface area contributed by atoms with E-state index in [1.807, 2.05) is 18.3 Å². The summed E-state index contributed by atoms with van der Waals surface area (Å²) in [6, 6.07) is 4.43. The van der Waals surface area contributed by atoms with Crippen molar-refractivity contribution in [3.8, 4) is 5.75 Å². The van der Waals surface area contributed by atoms with Crippen LogP contribution < -0.4 is 9.64 Å². The highest BCUT2D eigenvalue weighted by molar-refractivity contribution is 9.09. The molecule has 1 aromatic rings. The minimum absolute atomic E-state index is 0.529. The number of pyridine rings is 1. The molecule has 1 aliphatic rings. The molecule has 1 atom stereocenters. The first-order valence-electron chi connectivity index (χ1n) is 6.18. The van der Waals surface area contributed by atoms with E-state index in [1.165, 1.54) is 25.7 Å². The van der Waals surface area contributed by atoms with Crippen LogP contribution in [0.5, 0.6) is 5.75 Å². The minimum Gasteiger partial charge on any atom is -0.493 e. The van der Waals surface area contributed by atoms with Crippen LogP contribution in [0.3, 0.4) is 0 Å². The van der Waals surface area contributed by atoms with Gasteiger partial charge in [-0.15, -0.1) is 0 Å².